The first-order valence-corrected chi connectivity index (χ1v) is 24.3. The third-order valence-corrected chi connectivity index (χ3v) is 15.8. The van der Waals surface area contributed by atoms with Crippen LogP contribution in [0.2, 0.25) is 0 Å². The molecule has 4 fully saturated rings. The van der Waals surface area contributed by atoms with Gasteiger partial charge >= 0.3 is 0 Å². The second-order valence-corrected chi connectivity index (χ2v) is 20.2. The lowest BCUT2D eigenvalue weighted by Crippen LogP contribution is -2.52. The summed E-state index contributed by atoms with van der Waals surface area (Å²) in [7, 11) is -4.20. The number of imide groups is 1. The predicted molar refractivity (Wildman–Crippen MR) is 241 cm³/mol. The summed E-state index contributed by atoms with van der Waals surface area (Å²) in [6.07, 6.45) is 7.53. The van der Waals surface area contributed by atoms with Gasteiger partial charge in [-0.3, -0.25) is 34.1 Å². The molecule has 0 spiro atoms. The Morgan fingerprint density at radius 2 is 1.60 bits per heavy atom. The lowest BCUT2D eigenvalue weighted by molar-refractivity contribution is -0.136. The summed E-state index contributed by atoms with van der Waals surface area (Å²) < 4.78 is 72.5. The van der Waals surface area contributed by atoms with Gasteiger partial charge in [0.2, 0.25) is 27.6 Å². The van der Waals surface area contributed by atoms with Crippen LogP contribution in [0.15, 0.2) is 61.2 Å². The van der Waals surface area contributed by atoms with Gasteiger partial charge in [0, 0.05) is 117 Å². The number of piperazine rings is 1. The second kappa shape index (κ2) is 18.1. The number of anilines is 2. The van der Waals surface area contributed by atoms with E-state index < -0.39 is 62.1 Å². The zero-order valence-corrected chi connectivity index (χ0v) is 37.3. The molecule has 4 aliphatic heterocycles. The van der Waals surface area contributed by atoms with Gasteiger partial charge in [-0.25, -0.2) is 36.5 Å². The molecule has 10 rings (SSSR count). The van der Waals surface area contributed by atoms with E-state index in [4.69, 9.17) is 0 Å². The number of carbonyl (C=O) groups is 4. The molecule has 3 atom stereocenters. The number of piperidine rings is 2. The summed E-state index contributed by atoms with van der Waals surface area (Å²) in [6.45, 7) is 7.40. The van der Waals surface area contributed by atoms with Gasteiger partial charge < -0.3 is 19.7 Å². The molecule has 3 N–H and O–H groups in total. The Morgan fingerprint density at radius 3 is 2.33 bits per heavy atom. The first kappa shape index (κ1) is 44.6. The highest BCUT2D eigenvalue weighted by Gasteiger charge is 2.40. The van der Waals surface area contributed by atoms with Crippen LogP contribution in [-0.2, 0) is 32.7 Å². The normalized spacial score (nSPS) is 22.1. The summed E-state index contributed by atoms with van der Waals surface area (Å²) in [6, 6.07) is 8.69. The van der Waals surface area contributed by atoms with Crippen LogP contribution in [0.1, 0.15) is 82.6 Å². The molecule has 0 bridgehead atoms. The number of hydrogen-bond acceptors (Lipinski definition) is 12. The van der Waals surface area contributed by atoms with Gasteiger partial charge in [-0.15, -0.1) is 0 Å². The zero-order chi connectivity index (χ0) is 46.6. The van der Waals surface area contributed by atoms with Crippen molar-refractivity contribution in [3.63, 3.8) is 0 Å². The lowest BCUT2D eigenvalue weighted by Gasteiger charge is -2.39. The Labute approximate surface area is 384 Å². The average molecular weight is 939 g/mol. The summed E-state index contributed by atoms with van der Waals surface area (Å²) >= 11 is 0. The van der Waals surface area contributed by atoms with Crippen molar-refractivity contribution in [3.05, 3.63) is 101 Å². The van der Waals surface area contributed by atoms with E-state index in [1.165, 1.54) is 6.20 Å². The first-order valence-electron chi connectivity index (χ1n) is 22.7. The van der Waals surface area contributed by atoms with Crippen LogP contribution in [-0.4, -0.2) is 130 Å². The van der Waals surface area contributed by atoms with E-state index in [0.717, 1.165) is 82.0 Å². The number of nitrogens with zero attached hydrogens (tertiary/aromatic N) is 7. The molecule has 0 radical (unpaired) electrons. The van der Waals surface area contributed by atoms with Crippen LogP contribution in [0, 0.1) is 17.6 Å². The summed E-state index contributed by atoms with van der Waals surface area (Å²) in [5.41, 5.74) is 2.49. The highest BCUT2D eigenvalue weighted by Crippen LogP contribution is 2.35. The van der Waals surface area contributed by atoms with E-state index in [0.29, 0.717) is 59.0 Å². The number of aromatic nitrogens is 4. The largest absolute Gasteiger partial charge is 0.372 e. The number of carbonyl (C=O) groups excluding carboxylic acids is 4. The number of benzene rings is 2. The molecule has 350 valence electrons. The maximum absolute atomic E-state index is 15.8. The number of alkyl halides is 1. The SMILES string of the molecule is O=C1CCC(N2Cc3cc(N4CCC(CN5CCN(Cc6ncc(-c7cnc8[nH]cc(C(=O)c9c(F)ccc(NS(=O)(=O)C%10CC[C@@H](F)C%10)c9F)c8c7)cn6)CC5)CC4)ccc3C2=O)C(=O)N1. The van der Waals surface area contributed by atoms with Crippen LogP contribution < -0.4 is 14.9 Å². The van der Waals surface area contributed by atoms with E-state index in [1.54, 1.807) is 29.6 Å². The van der Waals surface area contributed by atoms with Crippen molar-refractivity contribution in [2.24, 2.45) is 5.92 Å². The topological polar surface area (TPSA) is 194 Å². The smallest absolute Gasteiger partial charge is 0.255 e. The van der Waals surface area contributed by atoms with E-state index in [1.807, 2.05) is 12.1 Å². The second-order valence-electron chi connectivity index (χ2n) is 18.3. The number of amides is 3. The Kier molecular flexibility index (Phi) is 12.0. The van der Waals surface area contributed by atoms with E-state index in [2.05, 4.69) is 50.7 Å². The quantitative estimate of drug-likeness (QED) is 0.113. The number of aromatic amines is 1. The Balaban J connectivity index is 0.710. The molecule has 3 saturated heterocycles. The predicted octanol–water partition coefficient (Wildman–Crippen LogP) is 4.96. The monoisotopic (exact) mass is 938 g/mol. The standard InChI is InChI=1S/C47H49F3N10O6S/c48-31-1-3-33(19-31)67(65,66)56-38-6-5-37(49)42(43(38)50)44(62)36-23-54-45-35(36)18-28(20-53-45)30-21-51-40(52-22-30)26-58-15-13-57(14-16-58)24-27-9-11-59(12-10-27)32-2-4-34-29(17-32)25-60(47(34)64)39-7-8-41(61)55-46(39)63/h2,4-6,17-18,20-23,27,31,33,39,56H,1,3,7-16,19,24-26H2,(H,53,54)(H,55,61,63)/t31-,33?,39?/m1/s1. The molecular formula is C47H49F3N10O6S. The number of hydrogen-bond donors (Lipinski definition) is 3. The molecule has 2 aromatic carbocycles. The zero-order valence-electron chi connectivity index (χ0n) is 36.5. The number of halogens is 3. The summed E-state index contributed by atoms with van der Waals surface area (Å²) in [4.78, 5) is 76.3. The molecule has 5 aromatic rings. The average Bonchev–Trinajstić information content (AvgIpc) is 4.05. The number of nitrogens with one attached hydrogen (secondary N) is 3. The van der Waals surface area contributed by atoms with E-state index >= 15 is 8.78 Å². The highest BCUT2D eigenvalue weighted by molar-refractivity contribution is 7.93. The minimum atomic E-state index is -4.20. The third-order valence-electron chi connectivity index (χ3n) is 14.0. The minimum Gasteiger partial charge on any atom is -0.372 e. The third kappa shape index (κ3) is 9.01. The molecule has 7 heterocycles. The van der Waals surface area contributed by atoms with Gasteiger partial charge in [0.05, 0.1) is 23.0 Å². The highest BCUT2D eigenvalue weighted by atomic mass is 32.2. The van der Waals surface area contributed by atoms with Crippen LogP contribution >= 0.6 is 0 Å². The van der Waals surface area contributed by atoms with Gasteiger partial charge in [0.1, 0.15) is 29.5 Å². The summed E-state index contributed by atoms with van der Waals surface area (Å²) in [5.74, 6) is -3.21. The molecule has 5 aliphatic rings. The van der Waals surface area contributed by atoms with E-state index in [9.17, 15) is 32.0 Å². The maximum Gasteiger partial charge on any atom is 0.255 e. The van der Waals surface area contributed by atoms with Crippen molar-refractivity contribution >= 4 is 55.9 Å². The van der Waals surface area contributed by atoms with E-state index in [-0.39, 0.29) is 43.1 Å². The van der Waals surface area contributed by atoms with Gasteiger partial charge in [0.25, 0.3) is 5.91 Å². The number of ketones is 1. The maximum atomic E-state index is 15.8. The fourth-order valence-electron chi connectivity index (χ4n) is 10.1. The Hall–Kier alpha value is -6.25. The molecule has 3 aromatic heterocycles. The molecular weight excluding hydrogens is 890 g/mol. The van der Waals surface area contributed by atoms with Gasteiger partial charge in [-0.1, -0.05) is 0 Å². The van der Waals surface area contributed by atoms with Gasteiger partial charge in [-0.05, 0) is 86.4 Å². The first-order chi connectivity index (χ1) is 32.3. The van der Waals surface area contributed by atoms with Crippen molar-refractivity contribution in [2.45, 2.75) is 75.5 Å². The van der Waals surface area contributed by atoms with Crippen molar-refractivity contribution in [1.29, 1.82) is 0 Å². The number of sulfonamides is 1. The molecule has 20 heteroatoms. The molecule has 16 nitrogen and oxygen atoms in total. The summed E-state index contributed by atoms with van der Waals surface area (Å²) in [5, 5.41) is 1.58. The molecule has 1 saturated carbocycles. The van der Waals surface area contributed by atoms with Crippen LogP contribution in [0.3, 0.4) is 0 Å². The number of fused-ring (bicyclic) bond motifs is 2. The fourth-order valence-corrected chi connectivity index (χ4v) is 11.7. The van der Waals surface area contributed by atoms with Crippen LogP contribution in [0.25, 0.3) is 22.2 Å². The molecule has 2 unspecified atom stereocenters. The number of pyridine rings is 1. The molecule has 3 amide bonds. The van der Waals surface area contributed by atoms with Crippen molar-refractivity contribution in [2.75, 3.05) is 55.4 Å². The molecule has 67 heavy (non-hydrogen) atoms. The van der Waals surface area contributed by atoms with Crippen LogP contribution in [0.4, 0.5) is 24.5 Å². The lowest BCUT2D eigenvalue weighted by atomic mass is 9.95. The van der Waals surface area contributed by atoms with Crippen molar-refractivity contribution < 1.29 is 40.8 Å². The number of H-pyrrole nitrogens is 1. The Bertz CT molecular complexity index is 2880. The molecule has 1 aliphatic carbocycles. The van der Waals surface area contributed by atoms with Gasteiger partial charge in [0.15, 0.2) is 5.82 Å². The van der Waals surface area contributed by atoms with Crippen LogP contribution in [0.5, 0.6) is 0 Å². The fraction of sp³-hybridized carbons (Fsp3) is 0.426. The van der Waals surface area contributed by atoms with Gasteiger partial charge in [-0.2, -0.15) is 0 Å². The minimum absolute atomic E-state index is 0.0652. The van der Waals surface area contributed by atoms with Crippen molar-refractivity contribution in [1.82, 2.24) is 40.0 Å². The van der Waals surface area contributed by atoms with Crippen molar-refractivity contribution in [3.8, 4) is 11.1 Å². The Morgan fingerprint density at radius 1 is 0.851 bits per heavy atom. The number of rotatable bonds is 12.